The van der Waals surface area contributed by atoms with E-state index in [1.165, 1.54) is 6.08 Å². The zero-order valence-corrected chi connectivity index (χ0v) is 15.2. The molecule has 0 bridgehead atoms. The maximum atomic E-state index is 12.3. The van der Waals surface area contributed by atoms with Crippen LogP contribution in [-0.2, 0) is 5.41 Å². The number of hydrogen-bond donors (Lipinski definition) is 2. The van der Waals surface area contributed by atoms with Crippen molar-refractivity contribution in [3.05, 3.63) is 59.2 Å². The van der Waals surface area contributed by atoms with Crippen LogP contribution < -0.4 is 10.5 Å². The minimum absolute atomic E-state index is 0.118. The molecule has 25 heavy (non-hydrogen) atoms. The second-order valence-electron chi connectivity index (χ2n) is 6.91. The van der Waals surface area contributed by atoms with Gasteiger partial charge in [-0.3, -0.25) is 4.79 Å². The number of ether oxygens (including phenoxy) is 1. The number of phenols is 1. The molecule has 0 atom stereocenters. The molecule has 0 saturated carbocycles. The summed E-state index contributed by atoms with van der Waals surface area (Å²) in [6, 6.07) is 10.3. The minimum Gasteiger partial charge on any atom is -0.508 e. The maximum absolute atomic E-state index is 12.3. The first-order valence-corrected chi connectivity index (χ1v) is 8.30. The fourth-order valence-corrected chi connectivity index (χ4v) is 2.51. The Kier molecular flexibility index (Phi) is 5.52. The van der Waals surface area contributed by atoms with E-state index >= 15 is 0 Å². The number of hydrogen-bond acceptors (Lipinski definition) is 4. The lowest BCUT2D eigenvalue weighted by molar-refractivity contribution is 0.104. The third-order valence-corrected chi connectivity index (χ3v) is 3.85. The van der Waals surface area contributed by atoms with Gasteiger partial charge in [0.1, 0.15) is 11.5 Å². The average molecular weight is 339 g/mol. The summed E-state index contributed by atoms with van der Waals surface area (Å²) in [5, 5.41) is 10.3. The van der Waals surface area contributed by atoms with Crippen LogP contribution in [0.2, 0.25) is 0 Å². The van der Waals surface area contributed by atoms with Crippen LogP contribution >= 0.6 is 0 Å². The van der Waals surface area contributed by atoms with Gasteiger partial charge < -0.3 is 15.6 Å². The van der Waals surface area contributed by atoms with Crippen LogP contribution in [0.5, 0.6) is 11.5 Å². The molecule has 0 amide bonds. The van der Waals surface area contributed by atoms with Crippen molar-refractivity contribution in [1.29, 1.82) is 0 Å². The van der Waals surface area contributed by atoms with E-state index in [1.807, 2.05) is 33.8 Å². The molecule has 4 nitrogen and oxygen atoms in total. The quantitative estimate of drug-likeness (QED) is 0.475. The maximum Gasteiger partial charge on any atom is 0.185 e. The summed E-state index contributed by atoms with van der Waals surface area (Å²) in [4.78, 5) is 12.3. The SMILES string of the molecule is CCOc1cc(O)c(C(C)(C)C)cc1C=CC(=O)c1ccc(N)cc1. The zero-order valence-electron chi connectivity index (χ0n) is 15.2. The number of aromatic hydroxyl groups is 1. The van der Waals surface area contributed by atoms with Crippen molar-refractivity contribution < 1.29 is 14.6 Å². The Labute approximate surface area is 148 Å². The summed E-state index contributed by atoms with van der Waals surface area (Å²) in [5.41, 5.74) is 8.17. The van der Waals surface area contributed by atoms with Crippen molar-refractivity contribution in [1.82, 2.24) is 0 Å². The fourth-order valence-electron chi connectivity index (χ4n) is 2.51. The summed E-state index contributed by atoms with van der Waals surface area (Å²) in [6.07, 6.45) is 3.23. The largest absolute Gasteiger partial charge is 0.508 e. The number of carbonyl (C=O) groups is 1. The molecule has 0 unspecified atom stereocenters. The molecule has 0 heterocycles. The van der Waals surface area contributed by atoms with Crippen molar-refractivity contribution in [2.24, 2.45) is 0 Å². The highest BCUT2D eigenvalue weighted by atomic mass is 16.5. The molecule has 4 heteroatoms. The van der Waals surface area contributed by atoms with Crippen molar-refractivity contribution in [3.8, 4) is 11.5 Å². The van der Waals surface area contributed by atoms with E-state index in [1.54, 1.807) is 36.4 Å². The van der Waals surface area contributed by atoms with Gasteiger partial charge in [0, 0.05) is 28.4 Å². The van der Waals surface area contributed by atoms with Gasteiger partial charge in [-0.15, -0.1) is 0 Å². The molecule has 0 fully saturated rings. The minimum atomic E-state index is -0.224. The molecule has 0 radical (unpaired) electrons. The van der Waals surface area contributed by atoms with Gasteiger partial charge >= 0.3 is 0 Å². The Morgan fingerprint density at radius 1 is 1.20 bits per heavy atom. The number of carbonyl (C=O) groups excluding carboxylic acids is 1. The number of nitrogen functional groups attached to an aromatic ring is 1. The van der Waals surface area contributed by atoms with Gasteiger partial charge in [-0.1, -0.05) is 20.8 Å². The third kappa shape index (κ3) is 4.63. The molecule has 2 aromatic carbocycles. The van der Waals surface area contributed by atoms with E-state index in [0.717, 1.165) is 11.1 Å². The molecule has 0 spiro atoms. The predicted molar refractivity (Wildman–Crippen MR) is 102 cm³/mol. The number of phenolic OH excluding ortho intramolecular Hbond substituents is 1. The second-order valence-corrected chi connectivity index (χ2v) is 6.91. The standard InChI is InChI=1S/C21H25NO3/c1-5-25-20-13-19(24)17(21(2,3)4)12-15(20)8-11-18(23)14-6-9-16(22)10-7-14/h6-13,24H,5,22H2,1-4H3. The lowest BCUT2D eigenvalue weighted by Crippen LogP contribution is -2.12. The summed E-state index contributed by atoms with van der Waals surface area (Å²) in [5.74, 6) is 0.625. The lowest BCUT2D eigenvalue weighted by atomic mass is 9.85. The molecule has 132 valence electrons. The highest BCUT2D eigenvalue weighted by Gasteiger charge is 2.20. The molecule has 0 saturated heterocycles. The van der Waals surface area contributed by atoms with Crippen LogP contribution in [0.4, 0.5) is 5.69 Å². The van der Waals surface area contributed by atoms with E-state index < -0.39 is 0 Å². The molecule has 0 aliphatic heterocycles. The highest BCUT2D eigenvalue weighted by molar-refractivity contribution is 6.07. The molecular formula is C21H25NO3. The first kappa shape index (κ1) is 18.6. The summed E-state index contributed by atoms with van der Waals surface area (Å²) < 4.78 is 5.60. The molecule has 3 N–H and O–H groups in total. The summed E-state index contributed by atoms with van der Waals surface area (Å²) >= 11 is 0. The zero-order chi connectivity index (χ0) is 18.6. The Hall–Kier alpha value is -2.75. The second kappa shape index (κ2) is 7.43. The number of nitrogens with two attached hydrogens (primary N) is 1. The van der Waals surface area contributed by atoms with Gasteiger partial charge in [0.15, 0.2) is 5.78 Å². The normalized spacial score (nSPS) is 11.7. The summed E-state index contributed by atoms with van der Waals surface area (Å²) in [7, 11) is 0. The third-order valence-electron chi connectivity index (χ3n) is 3.85. The highest BCUT2D eigenvalue weighted by Crippen LogP contribution is 2.36. The number of anilines is 1. The van der Waals surface area contributed by atoms with E-state index in [9.17, 15) is 9.90 Å². The van der Waals surface area contributed by atoms with Gasteiger partial charge in [0.05, 0.1) is 6.61 Å². The van der Waals surface area contributed by atoms with Gasteiger partial charge in [0.25, 0.3) is 0 Å². The lowest BCUT2D eigenvalue weighted by Gasteiger charge is -2.22. The van der Waals surface area contributed by atoms with Crippen molar-refractivity contribution in [2.45, 2.75) is 33.1 Å². The van der Waals surface area contributed by atoms with Gasteiger partial charge in [0.2, 0.25) is 0 Å². The molecule has 0 aliphatic rings. The Bertz CT molecular complexity index is 784. The topological polar surface area (TPSA) is 72.5 Å². The fraction of sp³-hybridized carbons (Fsp3) is 0.286. The van der Waals surface area contributed by atoms with E-state index in [4.69, 9.17) is 10.5 Å². The Morgan fingerprint density at radius 3 is 2.40 bits per heavy atom. The van der Waals surface area contributed by atoms with Gasteiger partial charge in [-0.2, -0.15) is 0 Å². The number of benzene rings is 2. The van der Waals surface area contributed by atoms with E-state index in [0.29, 0.717) is 23.6 Å². The molecule has 2 aromatic rings. The molecular weight excluding hydrogens is 314 g/mol. The van der Waals surface area contributed by atoms with Crippen molar-refractivity contribution >= 4 is 17.5 Å². The average Bonchev–Trinajstić information content (AvgIpc) is 2.53. The van der Waals surface area contributed by atoms with Gasteiger partial charge in [-0.05, 0) is 54.8 Å². The van der Waals surface area contributed by atoms with E-state index in [-0.39, 0.29) is 16.9 Å². The van der Waals surface area contributed by atoms with Crippen LogP contribution in [0.15, 0.2) is 42.5 Å². The Morgan fingerprint density at radius 2 is 1.84 bits per heavy atom. The molecule has 0 aliphatic carbocycles. The summed E-state index contributed by atoms with van der Waals surface area (Å²) in [6.45, 7) is 8.42. The van der Waals surface area contributed by atoms with Crippen LogP contribution in [0.1, 0.15) is 49.2 Å². The Balaban J connectivity index is 2.38. The first-order valence-electron chi connectivity index (χ1n) is 8.30. The monoisotopic (exact) mass is 339 g/mol. The van der Waals surface area contributed by atoms with Crippen LogP contribution in [0, 0.1) is 0 Å². The van der Waals surface area contributed by atoms with Crippen LogP contribution in [0.25, 0.3) is 6.08 Å². The smallest absolute Gasteiger partial charge is 0.185 e. The van der Waals surface area contributed by atoms with Crippen LogP contribution in [-0.4, -0.2) is 17.5 Å². The number of ketones is 1. The van der Waals surface area contributed by atoms with Crippen molar-refractivity contribution in [2.75, 3.05) is 12.3 Å². The predicted octanol–water partition coefficient (Wildman–Crippen LogP) is 4.57. The number of allylic oxidation sites excluding steroid dienone is 1. The first-order chi connectivity index (χ1) is 11.7. The van der Waals surface area contributed by atoms with Crippen LogP contribution in [0.3, 0.4) is 0 Å². The van der Waals surface area contributed by atoms with Gasteiger partial charge in [-0.25, -0.2) is 0 Å². The van der Waals surface area contributed by atoms with Crippen molar-refractivity contribution in [3.63, 3.8) is 0 Å². The molecule has 0 aromatic heterocycles. The number of rotatable bonds is 5. The van der Waals surface area contributed by atoms with E-state index in [2.05, 4.69) is 0 Å². The molecule has 2 rings (SSSR count).